The number of carbonyl (C=O) groups is 1. The van der Waals surface area contributed by atoms with Crippen LogP contribution in [0.25, 0.3) is 11.0 Å². The van der Waals surface area contributed by atoms with Gasteiger partial charge >= 0.3 is 0 Å². The van der Waals surface area contributed by atoms with E-state index >= 15 is 0 Å². The Labute approximate surface area is 162 Å². The lowest BCUT2D eigenvalue weighted by Crippen LogP contribution is -2.42. The molecule has 144 valence electrons. The fraction of sp³-hybridized carbons (Fsp3) is 0.381. The molecule has 0 radical (unpaired) electrons. The highest BCUT2D eigenvalue weighted by atomic mass is 16.5. The summed E-state index contributed by atoms with van der Waals surface area (Å²) in [6.07, 6.45) is 5.43. The van der Waals surface area contributed by atoms with Crippen LogP contribution < -0.4 is 4.90 Å². The van der Waals surface area contributed by atoms with E-state index in [2.05, 4.69) is 9.88 Å². The van der Waals surface area contributed by atoms with Gasteiger partial charge in [-0.15, -0.1) is 0 Å². The Morgan fingerprint density at radius 3 is 2.86 bits per heavy atom. The van der Waals surface area contributed by atoms with Gasteiger partial charge in [0.2, 0.25) is 5.95 Å². The maximum Gasteiger partial charge on any atom is 0.257 e. The third-order valence-corrected chi connectivity index (χ3v) is 5.45. The summed E-state index contributed by atoms with van der Waals surface area (Å²) in [5, 5.41) is 0.842. The van der Waals surface area contributed by atoms with E-state index < -0.39 is 0 Å². The second-order valence-corrected chi connectivity index (χ2v) is 7.23. The standard InChI is InChI=1S/C21H22N4O3/c26-20(16-14-28-18-6-2-1-5-15(16)18)25-11-12-27-19(13-25)17-7-8-22-21(23-17)24-9-3-4-10-24/h1-2,5-8,14,19H,3-4,9-13H2/t19-/m1/s1. The number of fused-ring (bicyclic) bond motifs is 1. The van der Waals surface area contributed by atoms with Crippen molar-refractivity contribution in [2.75, 3.05) is 37.7 Å². The van der Waals surface area contributed by atoms with Crippen molar-refractivity contribution < 1.29 is 13.9 Å². The molecule has 2 aliphatic heterocycles. The van der Waals surface area contributed by atoms with Crippen LogP contribution in [0.2, 0.25) is 0 Å². The molecule has 7 heteroatoms. The number of anilines is 1. The van der Waals surface area contributed by atoms with Gasteiger partial charge in [0.05, 0.1) is 24.4 Å². The molecule has 7 nitrogen and oxygen atoms in total. The molecule has 2 aromatic heterocycles. The molecule has 28 heavy (non-hydrogen) atoms. The molecule has 1 atom stereocenters. The molecule has 2 aliphatic rings. The molecular formula is C21H22N4O3. The maximum absolute atomic E-state index is 13.1. The lowest BCUT2D eigenvalue weighted by molar-refractivity contribution is -0.0247. The van der Waals surface area contributed by atoms with E-state index in [4.69, 9.17) is 14.1 Å². The Balaban J connectivity index is 1.36. The number of morpholine rings is 1. The Hall–Kier alpha value is -2.93. The van der Waals surface area contributed by atoms with E-state index in [0.29, 0.717) is 25.3 Å². The van der Waals surface area contributed by atoms with E-state index in [1.807, 2.05) is 35.2 Å². The van der Waals surface area contributed by atoms with Crippen LogP contribution in [0.1, 0.15) is 35.0 Å². The second-order valence-electron chi connectivity index (χ2n) is 7.23. The Kier molecular flexibility index (Phi) is 4.44. The number of nitrogens with zero attached hydrogens (tertiary/aromatic N) is 4. The summed E-state index contributed by atoms with van der Waals surface area (Å²) in [5.41, 5.74) is 2.14. The molecule has 3 aromatic rings. The van der Waals surface area contributed by atoms with Crippen LogP contribution >= 0.6 is 0 Å². The van der Waals surface area contributed by atoms with E-state index in [0.717, 1.165) is 35.7 Å². The van der Waals surface area contributed by atoms with Crippen LogP contribution in [0, 0.1) is 0 Å². The third-order valence-electron chi connectivity index (χ3n) is 5.45. The molecule has 0 bridgehead atoms. The van der Waals surface area contributed by atoms with E-state index in [-0.39, 0.29) is 12.0 Å². The van der Waals surface area contributed by atoms with Crippen molar-refractivity contribution in [2.24, 2.45) is 0 Å². The van der Waals surface area contributed by atoms with E-state index in [9.17, 15) is 4.79 Å². The number of rotatable bonds is 3. The van der Waals surface area contributed by atoms with Crippen LogP contribution in [-0.2, 0) is 4.74 Å². The first-order valence-electron chi connectivity index (χ1n) is 9.74. The predicted octanol–water partition coefficient (Wildman–Crippen LogP) is 3.04. The van der Waals surface area contributed by atoms with Crippen LogP contribution in [-0.4, -0.2) is 53.6 Å². The third kappa shape index (κ3) is 3.11. The largest absolute Gasteiger partial charge is 0.463 e. The van der Waals surface area contributed by atoms with Gasteiger partial charge < -0.3 is 19.0 Å². The van der Waals surface area contributed by atoms with Gasteiger partial charge in [-0.3, -0.25) is 4.79 Å². The Morgan fingerprint density at radius 2 is 1.96 bits per heavy atom. The van der Waals surface area contributed by atoms with Gasteiger partial charge in [-0.2, -0.15) is 0 Å². The summed E-state index contributed by atoms with van der Waals surface area (Å²) in [6.45, 7) is 3.49. The summed E-state index contributed by atoms with van der Waals surface area (Å²) in [7, 11) is 0. The van der Waals surface area contributed by atoms with Crippen LogP contribution in [0.5, 0.6) is 0 Å². The van der Waals surface area contributed by atoms with Gasteiger partial charge in [-0.25, -0.2) is 9.97 Å². The molecule has 2 fully saturated rings. The summed E-state index contributed by atoms with van der Waals surface area (Å²) in [4.78, 5) is 26.3. The molecule has 0 spiro atoms. The highest BCUT2D eigenvalue weighted by Gasteiger charge is 2.29. The zero-order valence-electron chi connectivity index (χ0n) is 15.6. The minimum Gasteiger partial charge on any atom is -0.463 e. The fourth-order valence-corrected chi connectivity index (χ4v) is 3.94. The number of furan rings is 1. The topological polar surface area (TPSA) is 71.7 Å². The van der Waals surface area contributed by atoms with Gasteiger partial charge in [0.25, 0.3) is 5.91 Å². The van der Waals surface area contributed by atoms with Gasteiger partial charge in [0.15, 0.2) is 0 Å². The first-order chi connectivity index (χ1) is 13.8. The van der Waals surface area contributed by atoms with Crippen molar-refractivity contribution >= 4 is 22.8 Å². The van der Waals surface area contributed by atoms with E-state index in [1.54, 1.807) is 12.5 Å². The molecule has 1 amide bonds. The number of aromatic nitrogens is 2. The Morgan fingerprint density at radius 1 is 1.11 bits per heavy atom. The van der Waals surface area contributed by atoms with E-state index in [1.165, 1.54) is 12.8 Å². The Bertz CT molecular complexity index is 996. The van der Waals surface area contributed by atoms with Crippen molar-refractivity contribution in [1.29, 1.82) is 0 Å². The van der Waals surface area contributed by atoms with Gasteiger partial charge in [0.1, 0.15) is 18.0 Å². The fourth-order valence-electron chi connectivity index (χ4n) is 3.94. The number of carbonyl (C=O) groups excluding carboxylic acids is 1. The highest BCUT2D eigenvalue weighted by molar-refractivity contribution is 6.05. The number of hydrogen-bond acceptors (Lipinski definition) is 6. The second kappa shape index (κ2) is 7.24. The quantitative estimate of drug-likeness (QED) is 0.698. The first-order valence-corrected chi connectivity index (χ1v) is 9.74. The molecule has 2 saturated heterocycles. The van der Waals surface area contributed by atoms with Crippen LogP contribution in [0.3, 0.4) is 0 Å². The summed E-state index contributed by atoms with van der Waals surface area (Å²) in [5.74, 6) is 0.718. The molecule has 0 N–H and O–H groups in total. The minimum absolute atomic E-state index is 0.0351. The molecule has 0 unspecified atom stereocenters. The number of para-hydroxylation sites is 1. The summed E-state index contributed by atoms with van der Waals surface area (Å²) in [6, 6.07) is 9.48. The number of benzene rings is 1. The normalized spacial score (nSPS) is 20.1. The lowest BCUT2D eigenvalue weighted by atomic mass is 10.1. The van der Waals surface area contributed by atoms with Crippen molar-refractivity contribution in [3.63, 3.8) is 0 Å². The van der Waals surface area contributed by atoms with Gasteiger partial charge in [0, 0.05) is 31.2 Å². The van der Waals surface area contributed by atoms with Gasteiger partial charge in [-0.05, 0) is 25.0 Å². The monoisotopic (exact) mass is 378 g/mol. The number of amides is 1. The van der Waals surface area contributed by atoms with Gasteiger partial charge in [-0.1, -0.05) is 18.2 Å². The van der Waals surface area contributed by atoms with Crippen molar-refractivity contribution in [1.82, 2.24) is 14.9 Å². The van der Waals surface area contributed by atoms with Crippen LogP contribution in [0.4, 0.5) is 5.95 Å². The maximum atomic E-state index is 13.1. The van der Waals surface area contributed by atoms with Crippen molar-refractivity contribution in [3.8, 4) is 0 Å². The average molecular weight is 378 g/mol. The summed E-state index contributed by atoms with van der Waals surface area (Å²) >= 11 is 0. The molecule has 0 aliphatic carbocycles. The molecule has 1 aromatic carbocycles. The van der Waals surface area contributed by atoms with Crippen LogP contribution in [0.15, 0.2) is 47.2 Å². The zero-order chi connectivity index (χ0) is 18.9. The zero-order valence-corrected chi connectivity index (χ0v) is 15.6. The SMILES string of the molecule is O=C(c1coc2ccccc12)N1CCO[C@@H](c2ccnc(N3CCCC3)n2)C1. The lowest BCUT2D eigenvalue weighted by Gasteiger charge is -2.32. The van der Waals surface area contributed by atoms with Crippen molar-refractivity contribution in [2.45, 2.75) is 18.9 Å². The summed E-state index contributed by atoms with van der Waals surface area (Å²) < 4.78 is 11.5. The van der Waals surface area contributed by atoms with Crippen molar-refractivity contribution in [3.05, 3.63) is 54.0 Å². The average Bonchev–Trinajstić information content (AvgIpc) is 3.44. The first kappa shape index (κ1) is 17.2. The minimum atomic E-state index is -0.250. The molecule has 4 heterocycles. The molecule has 5 rings (SSSR count). The number of ether oxygens (including phenoxy) is 1. The number of hydrogen-bond donors (Lipinski definition) is 0. The predicted molar refractivity (Wildman–Crippen MR) is 104 cm³/mol. The highest BCUT2D eigenvalue weighted by Crippen LogP contribution is 2.27. The molecular weight excluding hydrogens is 356 g/mol. The molecule has 0 saturated carbocycles. The smallest absolute Gasteiger partial charge is 0.257 e.